The van der Waals surface area contributed by atoms with E-state index in [0.29, 0.717) is 18.3 Å². The molecule has 0 radical (unpaired) electrons. The average molecular weight is 336 g/mol. The predicted molar refractivity (Wildman–Crippen MR) is 101 cm³/mol. The van der Waals surface area contributed by atoms with Crippen LogP contribution in [0.15, 0.2) is 42.5 Å². The maximum Gasteiger partial charge on any atom is 0.224 e. The molecule has 0 saturated heterocycles. The fourth-order valence-electron chi connectivity index (χ4n) is 2.68. The molecule has 130 valence electrons. The number of aromatic nitrogens is 3. The molecule has 25 heavy (non-hydrogen) atoms. The minimum Gasteiger partial charge on any atom is -0.326 e. The fourth-order valence-corrected chi connectivity index (χ4v) is 2.68. The zero-order valence-electron chi connectivity index (χ0n) is 15.2. The highest BCUT2D eigenvalue weighted by atomic mass is 16.1. The van der Waals surface area contributed by atoms with Crippen LogP contribution in [0, 0.1) is 5.92 Å². The Hall–Kier alpha value is -2.69. The summed E-state index contributed by atoms with van der Waals surface area (Å²) in [4.78, 5) is 13.6. The van der Waals surface area contributed by atoms with Gasteiger partial charge in [0.1, 0.15) is 11.0 Å². The lowest BCUT2D eigenvalue weighted by Crippen LogP contribution is -2.13. The maximum absolute atomic E-state index is 11.9. The van der Waals surface area contributed by atoms with Crippen LogP contribution in [-0.4, -0.2) is 20.9 Å². The first-order valence-corrected chi connectivity index (χ1v) is 8.69. The van der Waals surface area contributed by atoms with E-state index in [1.807, 2.05) is 44.2 Å². The molecule has 1 N–H and O–H groups in total. The van der Waals surface area contributed by atoms with Crippen LogP contribution in [0.5, 0.6) is 0 Å². The number of anilines is 1. The third-order valence-corrected chi connectivity index (χ3v) is 4.05. The second kappa shape index (κ2) is 7.05. The van der Waals surface area contributed by atoms with E-state index < -0.39 is 0 Å². The van der Waals surface area contributed by atoms with E-state index in [4.69, 9.17) is 0 Å². The van der Waals surface area contributed by atoms with E-state index >= 15 is 0 Å². The van der Waals surface area contributed by atoms with Crippen LogP contribution >= 0.6 is 0 Å². The lowest BCUT2D eigenvalue weighted by atomic mass is 10.0. The molecule has 0 spiro atoms. The van der Waals surface area contributed by atoms with Crippen molar-refractivity contribution >= 4 is 22.6 Å². The molecule has 1 amide bonds. The van der Waals surface area contributed by atoms with Crippen LogP contribution in [-0.2, 0) is 4.79 Å². The maximum atomic E-state index is 11.9. The SMILES string of the molecule is CC(C)CC(=O)Nc1ccc2nn(-c3ccc(C(C)C)cc3)nc2c1. The third kappa shape index (κ3) is 4.05. The molecule has 0 bridgehead atoms. The molecular weight excluding hydrogens is 312 g/mol. The quantitative estimate of drug-likeness (QED) is 0.745. The molecule has 5 nitrogen and oxygen atoms in total. The highest BCUT2D eigenvalue weighted by Gasteiger charge is 2.09. The van der Waals surface area contributed by atoms with Gasteiger partial charge >= 0.3 is 0 Å². The van der Waals surface area contributed by atoms with Crippen molar-refractivity contribution in [2.24, 2.45) is 5.92 Å². The average Bonchev–Trinajstić information content (AvgIpc) is 2.97. The monoisotopic (exact) mass is 336 g/mol. The van der Waals surface area contributed by atoms with Gasteiger partial charge in [-0.25, -0.2) is 0 Å². The van der Waals surface area contributed by atoms with E-state index in [1.54, 1.807) is 4.80 Å². The molecule has 0 fully saturated rings. The molecule has 3 rings (SSSR count). The number of fused-ring (bicyclic) bond motifs is 1. The van der Waals surface area contributed by atoms with Gasteiger partial charge < -0.3 is 5.32 Å². The summed E-state index contributed by atoms with van der Waals surface area (Å²) in [6.07, 6.45) is 0.507. The van der Waals surface area contributed by atoms with Crippen molar-refractivity contribution in [3.8, 4) is 5.69 Å². The van der Waals surface area contributed by atoms with Crippen molar-refractivity contribution in [3.63, 3.8) is 0 Å². The second-order valence-electron chi connectivity index (χ2n) is 7.09. The van der Waals surface area contributed by atoms with E-state index in [-0.39, 0.29) is 5.91 Å². The molecule has 0 atom stereocenters. The van der Waals surface area contributed by atoms with E-state index in [1.165, 1.54) is 5.56 Å². The van der Waals surface area contributed by atoms with Crippen LogP contribution in [0.3, 0.4) is 0 Å². The third-order valence-electron chi connectivity index (χ3n) is 4.05. The fraction of sp³-hybridized carbons (Fsp3) is 0.350. The lowest BCUT2D eigenvalue weighted by molar-refractivity contribution is -0.116. The molecule has 0 aliphatic heterocycles. The van der Waals surface area contributed by atoms with E-state index in [0.717, 1.165) is 22.4 Å². The summed E-state index contributed by atoms with van der Waals surface area (Å²) in [7, 11) is 0. The van der Waals surface area contributed by atoms with Gasteiger partial charge in [0, 0.05) is 12.1 Å². The molecule has 1 heterocycles. The highest BCUT2D eigenvalue weighted by molar-refractivity contribution is 5.93. The molecule has 0 aliphatic rings. The summed E-state index contributed by atoms with van der Waals surface area (Å²) in [6, 6.07) is 13.9. The van der Waals surface area contributed by atoms with Crippen LogP contribution in [0.4, 0.5) is 5.69 Å². The number of benzene rings is 2. The highest BCUT2D eigenvalue weighted by Crippen LogP contribution is 2.20. The number of amides is 1. The Labute approximate surface area is 148 Å². The molecule has 0 saturated carbocycles. The number of nitrogens with zero attached hydrogens (tertiary/aromatic N) is 3. The molecule has 0 aliphatic carbocycles. The van der Waals surface area contributed by atoms with Crippen molar-refractivity contribution < 1.29 is 4.79 Å². The van der Waals surface area contributed by atoms with E-state index in [2.05, 4.69) is 41.5 Å². The number of carbonyl (C=O) groups is 1. The van der Waals surface area contributed by atoms with Crippen molar-refractivity contribution in [1.82, 2.24) is 15.0 Å². The molecule has 2 aromatic carbocycles. The van der Waals surface area contributed by atoms with Gasteiger partial charge in [-0.3, -0.25) is 4.79 Å². The summed E-state index contributed by atoms with van der Waals surface area (Å²) < 4.78 is 0. The molecule has 0 unspecified atom stereocenters. The summed E-state index contributed by atoms with van der Waals surface area (Å²) >= 11 is 0. The largest absolute Gasteiger partial charge is 0.326 e. The topological polar surface area (TPSA) is 59.8 Å². The molecule has 3 aromatic rings. The van der Waals surface area contributed by atoms with Crippen molar-refractivity contribution in [2.75, 3.05) is 5.32 Å². The van der Waals surface area contributed by atoms with Crippen molar-refractivity contribution in [1.29, 1.82) is 0 Å². The molecule has 1 aromatic heterocycles. The van der Waals surface area contributed by atoms with Gasteiger partial charge in [0.25, 0.3) is 0 Å². The Morgan fingerprint density at radius 3 is 2.32 bits per heavy atom. The first-order chi connectivity index (χ1) is 11.9. The van der Waals surface area contributed by atoms with Gasteiger partial charge in [0.05, 0.1) is 5.69 Å². The van der Waals surface area contributed by atoms with Crippen LogP contribution in [0.1, 0.15) is 45.6 Å². The Bertz CT molecular complexity index is 878. The van der Waals surface area contributed by atoms with Gasteiger partial charge in [-0.1, -0.05) is 39.8 Å². The number of rotatable bonds is 5. The van der Waals surface area contributed by atoms with Gasteiger partial charge in [0.15, 0.2) is 0 Å². The first-order valence-electron chi connectivity index (χ1n) is 8.69. The predicted octanol–water partition coefficient (Wildman–Crippen LogP) is 4.53. The van der Waals surface area contributed by atoms with Crippen molar-refractivity contribution in [2.45, 2.75) is 40.0 Å². The Kier molecular flexibility index (Phi) is 4.83. The second-order valence-corrected chi connectivity index (χ2v) is 7.09. The van der Waals surface area contributed by atoms with Crippen LogP contribution < -0.4 is 5.32 Å². The minimum atomic E-state index is 0.0195. The summed E-state index contributed by atoms with van der Waals surface area (Å²) in [5, 5.41) is 12.0. The summed E-state index contributed by atoms with van der Waals surface area (Å²) in [6.45, 7) is 8.40. The lowest BCUT2D eigenvalue weighted by Gasteiger charge is -2.06. The van der Waals surface area contributed by atoms with Crippen LogP contribution in [0.2, 0.25) is 0 Å². The number of nitrogens with one attached hydrogen (secondary N) is 1. The van der Waals surface area contributed by atoms with Gasteiger partial charge in [0.2, 0.25) is 5.91 Å². The number of hydrogen-bond acceptors (Lipinski definition) is 3. The zero-order chi connectivity index (χ0) is 18.0. The minimum absolute atomic E-state index is 0.0195. The summed E-state index contributed by atoms with van der Waals surface area (Å²) in [5.74, 6) is 0.847. The smallest absolute Gasteiger partial charge is 0.224 e. The van der Waals surface area contributed by atoms with E-state index in [9.17, 15) is 4.79 Å². The first kappa shape index (κ1) is 17.1. The Morgan fingerprint density at radius 2 is 1.68 bits per heavy atom. The van der Waals surface area contributed by atoms with Gasteiger partial charge in [-0.15, -0.1) is 10.2 Å². The zero-order valence-corrected chi connectivity index (χ0v) is 15.2. The molecule has 5 heteroatoms. The Morgan fingerprint density at radius 1 is 1.00 bits per heavy atom. The number of hydrogen-bond donors (Lipinski definition) is 1. The Balaban J connectivity index is 1.83. The van der Waals surface area contributed by atoms with Crippen molar-refractivity contribution in [3.05, 3.63) is 48.0 Å². The van der Waals surface area contributed by atoms with Gasteiger partial charge in [-0.05, 0) is 47.7 Å². The van der Waals surface area contributed by atoms with Crippen LogP contribution in [0.25, 0.3) is 16.7 Å². The molecular formula is C20H24N4O. The van der Waals surface area contributed by atoms with Gasteiger partial charge in [-0.2, -0.15) is 4.80 Å². The normalized spacial score (nSPS) is 11.4. The summed E-state index contributed by atoms with van der Waals surface area (Å²) in [5.41, 5.74) is 4.52. The number of carbonyl (C=O) groups excluding carboxylic acids is 1. The standard InChI is InChI=1S/C20H24N4O/c1-13(2)11-20(25)21-16-7-10-18-19(12-16)23-24(22-18)17-8-5-15(6-9-17)14(3)4/h5-10,12-14H,11H2,1-4H3,(H,21,25).